The molecule has 1 aliphatic rings. The Morgan fingerprint density at radius 2 is 2.15 bits per heavy atom. The first-order chi connectivity index (χ1) is 6.33. The zero-order valence-electron chi connectivity index (χ0n) is 7.19. The summed E-state index contributed by atoms with van der Waals surface area (Å²) in [6.07, 6.45) is 0.663. The minimum Gasteiger partial charge on any atom is -0.426 e. The van der Waals surface area contributed by atoms with Gasteiger partial charge in [0, 0.05) is 5.56 Å². The second-order valence-electron chi connectivity index (χ2n) is 3.09. The zero-order valence-corrected chi connectivity index (χ0v) is 7.19. The molecule has 1 atom stereocenters. The van der Waals surface area contributed by atoms with Gasteiger partial charge in [-0.2, -0.15) is 0 Å². The van der Waals surface area contributed by atoms with Crippen molar-refractivity contribution >= 4 is 5.97 Å². The lowest BCUT2D eigenvalue weighted by Crippen LogP contribution is -2.14. The van der Waals surface area contributed by atoms with Crippen LogP contribution in [0.4, 0.5) is 0 Å². The van der Waals surface area contributed by atoms with Crippen molar-refractivity contribution in [1.82, 2.24) is 0 Å². The molecule has 1 aromatic carbocycles. The third kappa shape index (κ3) is 1.31. The molecule has 3 heteroatoms. The quantitative estimate of drug-likeness (QED) is 0.542. The van der Waals surface area contributed by atoms with E-state index in [0.717, 1.165) is 5.56 Å². The van der Waals surface area contributed by atoms with Gasteiger partial charge in [-0.15, -0.1) is 0 Å². The van der Waals surface area contributed by atoms with Crippen molar-refractivity contribution in [3.63, 3.8) is 0 Å². The van der Waals surface area contributed by atoms with Crippen LogP contribution in [0, 0.1) is 0 Å². The molecule has 0 fully saturated rings. The number of hydrogen-bond acceptors (Lipinski definition) is 3. The molecule has 0 bridgehead atoms. The molecule has 68 valence electrons. The molecule has 1 heterocycles. The highest BCUT2D eigenvalue weighted by molar-refractivity contribution is 5.85. The first-order valence-electron chi connectivity index (χ1n) is 4.33. The molecule has 0 saturated heterocycles. The fraction of sp³-hybridized carbons (Fsp3) is 0.300. The van der Waals surface area contributed by atoms with Crippen LogP contribution in [-0.2, 0) is 4.79 Å². The topological polar surface area (TPSA) is 52.3 Å². The van der Waals surface area contributed by atoms with Crippen molar-refractivity contribution in [1.29, 1.82) is 0 Å². The van der Waals surface area contributed by atoms with Gasteiger partial charge in [0.15, 0.2) is 0 Å². The number of hydrogen-bond donors (Lipinski definition) is 1. The summed E-state index contributed by atoms with van der Waals surface area (Å²) in [5.41, 5.74) is 6.39. The predicted octanol–water partition coefficient (Wildman–Crippen LogP) is 1.04. The van der Waals surface area contributed by atoms with E-state index in [2.05, 4.69) is 0 Å². The number of ether oxygens (including phenoxy) is 1. The summed E-state index contributed by atoms with van der Waals surface area (Å²) in [5, 5.41) is 0. The lowest BCUT2D eigenvalue weighted by atomic mass is 9.98. The molecule has 0 aromatic heterocycles. The Morgan fingerprint density at radius 1 is 1.38 bits per heavy atom. The summed E-state index contributed by atoms with van der Waals surface area (Å²) < 4.78 is 5.08. The molecule has 0 amide bonds. The minimum atomic E-state index is -0.174. The Bertz CT molecular complexity index is 335. The predicted molar refractivity (Wildman–Crippen MR) is 48.5 cm³/mol. The van der Waals surface area contributed by atoms with Gasteiger partial charge >= 0.3 is 5.97 Å². The molecule has 1 aromatic rings. The molecule has 0 radical (unpaired) electrons. The number of rotatable bonds is 2. The highest BCUT2D eigenvalue weighted by atomic mass is 16.5. The van der Waals surface area contributed by atoms with Crippen LogP contribution in [0.25, 0.3) is 0 Å². The second-order valence-corrected chi connectivity index (χ2v) is 3.09. The SMILES string of the molecule is NCCC1C(=O)Oc2ccccc21. The maximum absolute atomic E-state index is 11.3. The monoisotopic (exact) mass is 177 g/mol. The van der Waals surface area contributed by atoms with E-state index < -0.39 is 0 Å². The van der Waals surface area contributed by atoms with Crippen molar-refractivity contribution in [2.75, 3.05) is 6.54 Å². The first kappa shape index (κ1) is 8.26. The van der Waals surface area contributed by atoms with Crippen LogP contribution in [0.1, 0.15) is 17.9 Å². The third-order valence-electron chi connectivity index (χ3n) is 2.24. The number of nitrogens with two attached hydrogens (primary N) is 1. The average Bonchev–Trinajstić information content (AvgIpc) is 2.44. The second kappa shape index (κ2) is 3.18. The van der Waals surface area contributed by atoms with Gasteiger partial charge in [-0.3, -0.25) is 4.79 Å². The zero-order chi connectivity index (χ0) is 9.26. The third-order valence-corrected chi connectivity index (χ3v) is 2.24. The fourth-order valence-corrected chi connectivity index (χ4v) is 1.61. The molecule has 0 spiro atoms. The Kier molecular flexibility index (Phi) is 2.02. The number of carbonyl (C=O) groups excluding carboxylic acids is 1. The molecular formula is C10H11NO2. The van der Waals surface area contributed by atoms with E-state index in [4.69, 9.17) is 10.5 Å². The standard InChI is InChI=1S/C10H11NO2/c11-6-5-8-7-3-1-2-4-9(7)13-10(8)12/h1-4,8H,5-6,11H2. The van der Waals surface area contributed by atoms with Crippen molar-refractivity contribution < 1.29 is 9.53 Å². The number of fused-ring (bicyclic) bond motifs is 1. The van der Waals surface area contributed by atoms with E-state index in [1.54, 1.807) is 0 Å². The summed E-state index contributed by atoms with van der Waals surface area (Å²) in [7, 11) is 0. The van der Waals surface area contributed by atoms with Crippen LogP contribution in [0.2, 0.25) is 0 Å². The summed E-state index contributed by atoms with van der Waals surface area (Å²) in [5.74, 6) is 0.360. The summed E-state index contributed by atoms with van der Waals surface area (Å²) in [4.78, 5) is 11.3. The average molecular weight is 177 g/mol. The van der Waals surface area contributed by atoms with Gasteiger partial charge < -0.3 is 10.5 Å². The van der Waals surface area contributed by atoms with E-state index in [1.807, 2.05) is 24.3 Å². The van der Waals surface area contributed by atoms with Gasteiger partial charge in [-0.1, -0.05) is 18.2 Å². The molecule has 13 heavy (non-hydrogen) atoms. The summed E-state index contributed by atoms with van der Waals surface area (Å²) in [6, 6.07) is 7.49. The van der Waals surface area contributed by atoms with E-state index in [0.29, 0.717) is 18.7 Å². The Morgan fingerprint density at radius 3 is 2.92 bits per heavy atom. The summed E-state index contributed by atoms with van der Waals surface area (Å²) in [6.45, 7) is 0.508. The number of para-hydroxylation sites is 1. The van der Waals surface area contributed by atoms with Crippen LogP contribution in [0.3, 0.4) is 0 Å². The minimum absolute atomic E-state index is 0.152. The van der Waals surface area contributed by atoms with Crippen molar-refractivity contribution in [2.24, 2.45) is 5.73 Å². The van der Waals surface area contributed by atoms with Crippen LogP contribution in [-0.4, -0.2) is 12.5 Å². The Labute approximate surface area is 76.5 Å². The molecule has 1 unspecified atom stereocenters. The maximum atomic E-state index is 11.3. The van der Waals surface area contributed by atoms with Crippen LogP contribution in [0.5, 0.6) is 5.75 Å². The van der Waals surface area contributed by atoms with Gasteiger partial charge in [-0.25, -0.2) is 0 Å². The van der Waals surface area contributed by atoms with E-state index in [1.165, 1.54) is 0 Å². The van der Waals surface area contributed by atoms with Crippen LogP contribution >= 0.6 is 0 Å². The number of esters is 1. The molecular weight excluding hydrogens is 166 g/mol. The highest BCUT2D eigenvalue weighted by Gasteiger charge is 2.31. The smallest absolute Gasteiger partial charge is 0.319 e. The molecule has 3 nitrogen and oxygen atoms in total. The molecule has 2 N–H and O–H groups in total. The summed E-state index contributed by atoms with van der Waals surface area (Å²) >= 11 is 0. The Balaban J connectivity index is 2.35. The van der Waals surface area contributed by atoms with Gasteiger partial charge in [0.2, 0.25) is 0 Å². The fourth-order valence-electron chi connectivity index (χ4n) is 1.61. The normalized spacial score (nSPS) is 19.8. The van der Waals surface area contributed by atoms with Crippen molar-refractivity contribution in [2.45, 2.75) is 12.3 Å². The molecule has 0 aliphatic carbocycles. The Hall–Kier alpha value is -1.35. The van der Waals surface area contributed by atoms with Crippen LogP contribution < -0.4 is 10.5 Å². The van der Waals surface area contributed by atoms with E-state index in [9.17, 15) is 4.79 Å². The van der Waals surface area contributed by atoms with Gasteiger partial charge in [-0.05, 0) is 19.0 Å². The first-order valence-corrected chi connectivity index (χ1v) is 4.33. The van der Waals surface area contributed by atoms with Gasteiger partial charge in [0.1, 0.15) is 5.75 Å². The molecule has 0 saturated carbocycles. The van der Waals surface area contributed by atoms with Crippen molar-refractivity contribution in [3.8, 4) is 5.75 Å². The van der Waals surface area contributed by atoms with E-state index in [-0.39, 0.29) is 11.9 Å². The lowest BCUT2D eigenvalue weighted by Gasteiger charge is -2.03. The molecule has 1 aliphatic heterocycles. The number of benzene rings is 1. The largest absolute Gasteiger partial charge is 0.426 e. The number of carbonyl (C=O) groups is 1. The van der Waals surface area contributed by atoms with Gasteiger partial charge in [0.05, 0.1) is 5.92 Å². The lowest BCUT2D eigenvalue weighted by molar-refractivity contribution is -0.134. The highest BCUT2D eigenvalue weighted by Crippen LogP contribution is 2.35. The van der Waals surface area contributed by atoms with Gasteiger partial charge in [0.25, 0.3) is 0 Å². The van der Waals surface area contributed by atoms with Crippen LogP contribution in [0.15, 0.2) is 24.3 Å². The van der Waals surface area contributed by atoms with Crippen molar-refractivity contribution in [3.05, 3.63) is 29.8 Å². The van der Waals surface area contributed by atoms with E-state index >= 15 is 0 Å². The molecule has 2 rings (SSSR count). The maximum Gasteiger partial charge on any atom is 0.319 e.